The van der Waals surface area contributed by atoms with Crippen LogP contribution in [0.2, 0.25) is 5.02 Å². The van der Waals surface area contributed by atoms with Crippen molar-refractivity contribution in [3.63, 3.8) is 0 Å². The molecule has 0 saturated carbocycles. The van der Waals surface area contributed by atoms with Crippen molar-refractivity contribution >= 4 is 29.3 Å². The van der Waals surface area contributed by atoms with Crippen molar-refractivity contribution in [2.45, 2.75) is 13.3 Å². The van der Waals surface area contributed by atoms with Gasteiger partial charge in [-0.25, -0.2) is 0 Å². The number of nitrogens with zero attached hydrogens (tertiary/aromatic N) is 5. The van der Waals surface area contributed by atoms with Crippen LogP contribution in [-0.2, 0) is 6.42 Å². The third-order valence-electron chi connectivity index (χ3n) is 3.98. The Bertz CT molecular complexity index is 1030. The van der Waals surface area contributed by atoms with Gasteiger partial charge in [-0.1, -0.05) is 11.6 Å². The number of rotatable bonds is 5. The molecule has 0 aliphatic carbocycles. The Morgan fingerprint density at radius 2 is 2.00 bits per heavy atom. The van der Waals surface area contributed by atoms with E-state index in [1.54, 1.807) is 35.2 Å². The van der Waals surface area contributed by atoms with E-state index in [1.807, 2.05) is 12.1 Å². The first-order valence-electron chi connectivity index (χ1n) is 8.12. The monoisotopic (exact) mass is 383 g/mol. The van der Waals surface area contributed by atoms with Crippen molar-refractivity contribution < 1.29 is 14.3 Å². The number of ether oxygens (including phenoxy) is 2. The normalized spacial score (nSPS) is 12.7. The van der Waals surface area contributed by atoms with Gasteiger partial charge in [-0.05, 0) is 47.7 Å². The summed E-state index contributed by atoms with van der Waals surface area (Å²) in [6.45, 7) is 1.62. The lowest BCUT2D eigenvalue weighted by Gasteiger charge is -2.05. The molecule has 0 unspecified atom stereocenters. The zero-order valence-corrected chi connectivity index (χ0v) is 15.1. The maximum Gasteiger partial charge on any atom is 0.231 e. The van der Waals surface area contributed by atoms with Crippen molar-refractivity contribution in [2.24, 2.45) is 4.99 Å². The van der Waals surface area contributed by atoms with Crippen molar-refractivity contribution in [2.75, 3.05) is 6.79 Å². The van der Waals surface area contributed by atoms with Gasteiger partial charge in [0, 0.05) is 29.3 Å². The Labute approximate surface area is 159 Å². The first-order valence-corrected chi connectivity index (χ1v) is 8.50. The number of benzene rings is 2. The summed E-state index contributed by atoms with van der Waals surface area (Å²) in [6, 6.07) is 10.5. The standard InChI is InChI=1S/C18H14ClN5O3/c1-11(25)14-8-16-17(27-10-26-16)9-15(14)20-7-6-18-21-22-23-24(18)13-4-2-12(19)3-5-13/h2-5,7-9H,6,10H2,1H3. The minimum atomic E-state index is -0.105. The smallest absolute Gasteiger partial charge is 0.231 e. The molecule has 1 aromatic heterocycles. The Kier molecular flexibility index (Phi) is 4.55. The Balaban J connectivity index is 1.58. The van der Waals surface area contributed by atoms with E-state index < -0.39 is 0 Å². The molecule has 0 fully saturated rings. The van der Waals surface area contributed by atoms with Crippen LogP contribution in [0.4, 0.5) is 5.69 Å². The molecule has 0 saturated heterocycles. The molecule has 136 valence electrons. The van der Waals surface area contributed by atoms with Crippen LogP contribution in [0.15, 0.2) is 41.4 Å². The molecule has 1 aliphatic heterocycles. The minimum Gasteiger partial charge on any atom is -0.454 e. The maximum absolute atomic E-state index is 11.9. The summed E-state index contributed by atoms with van der Waals surface area (Å²) < 4.78 is 12.3. The minimum absolute atomic E-state index is 0.105. The average Bonchev–Trinajstić information content (AvgIpc) is 3.30. The van der Waals surface area contributed by atoms with Crippen molar-refractivity contribution in [1.82, 2.24) is 20.2 Å². The third-order valence-corrected chi connectivity index (χ3v) is 4.23. The van der Waals surface area contributed by atoms with E-state index in [-0.39, 0.29) is 12.6 Å². The van der Waals surface area contributed by atoms with Gasteiger partial charge in [-0.3, -0.25) is 9.79 Å². The molecular weight excluding hydrogens is 370 g/mol. The van der Waals surface area contributed by atoms with E-state index in [4.69, 9.17) is 21.1 Å². The van der Waals surface area contributed by atoms with E-state index in [0.717, 1.165) is 5.69 Å². The van der Waals surface area contributed by atoms with Gasteiger partial charge in [0.05, 0.1) is 11.4 Å². The molecular formula is C18H14ClN5O3. The quantitative estimate of drug-likeness (QED) is 0.496. The zero-order valence-electron chi connectivity index (χ0n) is 14.3. The fourth-order valence-corrected chi connectivity index (χ4v) is 2.79. The van der Waals surface area contributed by atoms with Crippen molar-refractivity contribution in [1.29, 1.82) is 0 Å². The molecule has 1 aliphatic rings. The molecule has 4 rings (SSSR count). The Morgan fingerprint density at radius 3 is 2.74 bits per heavy atom. The summed E-state index contributed by atoms with van der Waals surface area (Å²) in [7, 11) is 0. The van der Waals surface area contributed by atoms with Crippen LogP contribution in [0.5, 0.6) is 11.5 Å². The number of tetrazole rings is 1. The molecule has 2 heterocycles. The molecule has 27 heavy (non-hydrogen) atoms. The number of carbonyl (C=O) groups excluding carboxylic acids is 1. The molecule has 0 amide bonds. The first kappa shape index (κ1) is 17.2. The van der Waals surface area contributed by atoms with Crippen molar-refractivity contribution in [3.8, 4) is 17.2 Å². The Hall–Kier alpha value is -3.26. The lowest BCUT2D eigenvalue weighted by molar-refractivity contribution is 0.101. The SMILES string of the molecule is CC(=O)c1cc2c(cc1N=CCc1nnnn1-c1ccc(Cl)cc1)OCO2. The average molecular weight is 384 g/mol. The summed E-state index contributed by atoms with van der Waals surface area (Å²) in [5.74, 6) is 1.61. The highest BCUT2D eigenvalue weighted by molar-refractivity contribution is 6.30. The highest BCUT2D eigenvalue weighted by Gasteiger charge is 2.19. The highest BCUT2D eigenvalue weighted by Crippen LogP contribution is 2.38. The van der Waals surface area contributed by atoms with Gasteiger partial charge in [0.2, 0.25) is 6.79 Å². The van der Waals surface area contributed by atoms with Gasteiger partial charge in [0.15, 0.2) is 23.1 Å². The van der Waals surface area contributed by atoms with E-state index in [2.05, 4.69) is 20.5 Å². The van der Waals surface area contributed by atoms with E-state index >= 15 is 0 Å². The first-order chi connectivity index (χ1) is 13.1. The number of halogens is 1. The fraction of sp³-hybridized carbons (Fsp3) is 0.167. The summed E-state index contributed by atoms with van der Waals surface area (Å²) in [4.78, 5) is 16.3. The number of hydrogen-bond acceptors (Lipinski definition) is 7. The number of fused-ring (bicyclic) bond motifs is 1. The molecule has 8 nitrogen and oxygen atoms in total. The summed E-state index contributed by atoms with van der Waals surface area (Å²) in [5, 5.41) is 12.4. The van der Waals surface area contributed by atoms with Crippen LogP contribution in [0, 0.1) is 0 Å². The summed E-state index contributed by atoms with van der Waals surface area (Å²) in [6.07, 6.45) is 2.03. The molecule has 0 spiro atoms. The van der Waals surface area contributed by atoms with Gasteiger partial charge in [-0.2, -0.15) is 4.68 Å². The number of aromatic nitrogens is 4. The van der Waals surface area contributed by atoms with Crippen LogP contribution in [0.1, 0.15) is 23.1 Å². The molecule has 2 aromatic carbocycles. The van der Waals surface area contributed by atoms with Crippen LogP contribution in [0.25, 0.3) is 5.69 Å². The lowest BCUT2D eigenvalue weighted by Crippen LogP contribution is -2.03. The molecule has 9 heteroatoms. The van der Waals surface area contributed by atoms with Gasteiger partial charge >= 0.3 is 0 Å². The van der Waals surface area contributed by atoms with Gasteiger partial charge in [0.1, 0.15) is 0 Å². The van der Waals surface area contributed by atoms with E-state index in [1.165, 1.54) is 6.92 Å². The second-order valence-corrected chi connectivity index (χ2v) is 6.21. The summed E-state index contributed by atoms with van der Waals surface area (Å²) in [5.41, 5.74) is 1.77. The second kappa shape index (κ2) is 7.16. The molecule has 0 bridgehead atoms. The van der Waals surface area contributed by atoms with Crippen molar-refractivity contribution in [3.05, 3.63) is 52.8 Å². The van der Waals surface area contributed by atoms with Crippen LogP contribution >= 0.6 is 11.6 Å². The van der Waals surface area contributed by atoms with E-state index in [0.29, 0.717) is 40.0 Å². The second-order valence-electron chi connectivity index (χ2n) is 5.78. The van der Waals surface area contributed by atoms with Gasteiger partial charge in [0.25, 0.3) is 0 Å². The fourth-order valence-electron chi connectivity index (χ4n) is 2.66. The largest absolute Gasteiger partial charge is 0.454 e. The highest BCUT2D eigenvalue weighted by atomic mass is 35.5. The van der Waals surface area contributed by atoms with Gasteiger partial charge < -0.3 is 9.47 Å². The lowest BCUT2D eigenvalue weighted by atomic mass is 10.1. The number of carbonyl (C=O) groups is 1. The predicted molar refractivity (Wildman–Crippen MR) is 98.6 cm³/mol. The predicted octanol–water partition coefficient (Wildman–Crippen LogP) is 3.19. The Morgan fingerprint density at radius 1 is 1.26 bits per heavy atom. The van der Waals surface area contributed by atoms with Crippen LogP contribution in [0.3, 0.4) is 0 Å². The molecule has 0 N–H and O–H groups in total. The van der Waals surface area contributed by atoms with Crippen LogP contribution in [-0.4, -0.2) is 39.0 Å². The topological polar surface area (TPSA) is 91.5 Å². The van der Waals surface area contributed by atoms with Crippen LogP contribution < -0.4 is 9.47 Å². The maximum atomic E-state index is 11.9. The number of ketones is 1. The molecule has 0 atom stereocenters. The summed E-state index contributed by atoms with van der Waals surface area (Å²) >= 11 is 5.92. The van der Waals surface area contributed by atoms with Gasteiger partial charge in [-0.15, -0.1) is 5.10 Å². The number of hydrogen-bond donors (Lipinski definition) is 0. The third kappa shape index (κ3) is 3.52. The number of Topliss-reactive ketones (excluding diaryl/α,β-unsaturated/α-hetero) is 1. The zero-order chi connectivity index (χ0) is 18.8. The van der Waals surface area contributed by atoms with E-state index in [9.17, 15) is 4.79 Å². The number of aliphatic imine (C=N–C) groups is 1. The molecule has 3 aromatic rings. The molecule has 0 radical (unpaired) electrons.